The molecule has 1 fully saturated rings. The fourth-order valence-electron chi connectivity index (χ4n) is 2.59. The first-order valence-corrected chi connectivity index (χ1v) is 7.33. The highest BCUT2D eigenvalue weighted by Crippen LogP contribution is 2.30. The first kappa shape index (κ1) is 12.9. The molecule has 0 aliphatic heterocycles. The maximum atomic E-state index is 4.52. The van der Waals surface area contributed by atoms with Crippen molar-refractivity contribution in [1.82, 2.24) is 4.98 Å². The Morgan fingerprint density at radius 3 is 2.53 bits per heavy atom. The lowest BCUT2D eigenvalue weighted by Gasteiger charge is -2.29. The number of hydrogen-bond donors (Lipinski definition) is 0. The third kappa shape index (κ3) is 3.01. The second-order valence-electron chi connectivity index (χ2n) is 5.02. The lowest BCUT2D eigenvalue weighted by Crippen LogP contribution is -2.32. The number of pyridine rings is 1. The fraction of sp³-hybridized carbons (Fsp3) is 0.643. The molecule has 1 aromatic rings. The molecule has 2 nitrogen and oxygen atoms in total. The standard InChI is InChI=1S/C14H21BrN2/c1-11-9-10-16-14(13(11)15)17(2)12-7-5-3-4-6-8-12/h9-10,12H,3-8H2,1-2H3. The van der Waals surface area contributed by atoms with Gasteiger partial charge in [-0.15, -0.1) is 0 Å². The normalized spacial score (nSPS) is 17.8. The van der Waals surface area contributed by atoms with Gasteiger partial charge in [-0.2, -0.15) is 0 Å². The van der Waals surface area contributed by atoms with Crippen LogP contribution in [-0.4, -0.2) is 18.1 Å². The lowest BCUT2D eigenvalue weighted by molar-refractivity contribution is 0.548. The molecule has 0 spiro atoms. The van der Waals surface area contributed by atoms with Gasteiger partial charge in [0.05, 0.1) is 4.47 Å². The van der Waals surface area contributed by atoms with Crippen LogP contribution in [0.2, 0.25) is 0 Å². The topological polar surface area (TPSA) is 16.1 Å². The summed E-state index contributed by atoms with van der Waals surface area (Å²) in [6.07, 6.45) is 10.0. The molecule has 0 atom stereocenters. The van der Waals surface area contributed by atoms with Crippen molar-refractivity contribution in [3.8, 4) is 0 Å². The van der Waals surface area contributed by atoms with Crippen LogP contribution >= 0.6 is 15.9 Å². The van der Waals surface area contributed by atoms with Crippen molar-refractivity contribution in [1.29, 1.82) is 0 Å². The van der Waals surface area contributed by atoms with Gasteiger partial charge in [0.2, 0.25) is 0 Å². The van der Waals surface area contributed by atoms with E-state index in [2.05, 4.69) is 45.9 Å². The van der Waals surface area contributed by atoms with Gasteiger partial charge in [-0.05, 0) is 47.3 Å². The Labute approximate surface area is 113 Å². The Morgan fingerprint density at radius 1 is 1.24 bits per heavy atom. The fourth-order valence-corrected chi connectivity index (χ4v) is 3.10. The molecule has 1 saturated carbocycles. The summed E-state index contributed by atoms with van der Waals surface area (Å²) in [5.41, 5.74) is 1.26. The summed E-state index contributed by atoms with van der Waals surface area (Å²) in [5, 5.41) is 0. The zero-order chi connectivity index (χ0) is 12.3. The van der Waals surface area contributed by atoms with E-state index in [0.29, 0.717) is 6.04 Å². The van der Waals surface area contributed by atoms with Crippen molar-refractivity contribution in [3.63, 3.8) is 0 Å². The van der Waals surface area contributed by atoms with E-state index in [4.69, 9.17) is 0 Å². The third-order valence-corrected chi connectivity index (χ3v) is 4.75. The molecule has 1 aliphatic rings. The second kappa shape index (κ2) is 5.85. The maximum Gasteiger partial charge on any atom is 0.143 e. The van der Waals surface area contributed by atoms with Crippen LogP contribution in [0.5, 0.6) is 0 Å². The number of halogens is 1. The quantitative estimate of drug-likeness (QED) is 0.756. The Balaban J connectivity index is 2.17. The van der Waals surface area contributed by atoms with E-state index in [1.54, 1.807) is 0 Å². The minimum Gasteiger partial charge on any atom is -0.356 e. The van der Waals surface area contributed by atoms with Crippen molar-refractivity contribution < 1.29 is 0 Å². The summed E-state index contributed by atoms with van der Waals surface area (Å²) in [6, 6.07) is 2.71. The molecule has 1 aliphatic carbocycles. The molecule has 0 aromatic carbocycles. The van der Waals surface area contributed by atoms with Crippen LogP contribution in [0.3, 0.4) is 0 Å². The smallest absolute Gasteiger partial charge is 0.143 e. The van der Waals surface area contributed by atoms with Crippen LogP contribution in [0.15, 0.2) is 16.7 Å². The number of aromatic nitrogens is 1. The Kier molecular flexibility index (Phi) is 4.43. The third-order valence-electron chi connectivity index (χ3n) is 3.77. The average Bonchev–Trinajstić information content (AvgIpc) is 2.60. The molecule has 0 amide bonds. The number of anilines is 1. The van der Waals surface area contributed by atoms with Gasteiger partial charge < -0.3 is 4.90 Å². The highest BCUT2D eigenvalue weighted by atomic mass is 79.9. The molecule has 0 radical (unpaired) electrons. The molecule has 0 bridgehead atoms. The predicted octanol–water partition coefficient (Wildman–Crippen LogP) is 4.31. The molecule has 3 heteroatoms. The lowest BCUT2D eigenvalue weighted by atomic mass is 10.1. The van der Waals surface area contributed by atoms with Crippen molar-refractivity contribution in [2.45, 2.75) is 51.5 Å². The summed E-state index contributed by atoms with van der Waals surface area (Å²) in [6.45, 7) is 2.12. The van der Waals surface area contributed by atoms with Crippen molar-refractivity contribution in [2.24, 2.45) is 0 Å². The van der Waals surface area contributed by atoms with E-state index in [1.165, 1.54) is 44.1 Å². The summed E-state index contributed by atoms with van der Waals surface area (Å²) in [7, 11) is 2.18. The van der Waals surface area contributed by atoms with Gasteiger partial charge in [-0.25, -0.2) is 4.98 Å². The molecular weight excluding hydrogens is 276 g/mol. The van der Waals surface area contributed by atoms with Gasteiger partial charge in [-0.3, -0.25) is 0 Å². The summed E-state index contributed by atoms with van der Waals surface area (Å²) in [4.78, 5) is 6.89. The van der Waals surface area contributed by atoms with Gasteiger partial charge in [0, 0.05) is 19.3 Å². The van der Waals surface area contributed by atoms with Crippen LogP contribution in [0.25, 0.3) is 0 Å². The van der Waals surface area contributed by atoms with Crippen molar-refractivity contribution in [2.75, 3.05) is 11.9 Å². The number of aryl methyl sites for hydroxylation is 1. The first-order valence-electron chi connectivity index (χ1n) is 6.54. The van der Waals surface area contributed by atoms with Gasteiger partial charge in [0.15, 0.2) is 0 Å². The Bertz CT molecular complexity index is 370. The largest absolute Gasteiger partial charge is 0.356 e. The first-order chi connectivity index (χ1) is 8.20. The van der Waals surface area contributed by atoms with E-state index in [9.17, 15) is 0 Å². The summed E-state index contributed by atoms with van der Waals surface area (Å²) < 4.78 is 1.15. The highest BCUT2D eigenvalue weighted by Gasteiger charge is 2.20. The van der Waals surface area contributed by atoms with Gasteiger partial charge in [0.25, 0.3) is 0 Å². The maximum absolute atomic E-state index is 4.52. The Morgan fingerprint density at radius 2 is 1.88 bits per heavy atom. The van der Waals surface area contributed by atoms with E-state index < -0.39 is 0 Å². The zero-order valence-corrected chi connectivity index (χ0v) is 12.3. The molecule has 2 rings (SSSR count). The van der Waals surface area contributed by atoms with Crippen LogP contribution in [0, 0.1) is 6.92 Å². The second-order valence-corrected chi connectivity index (χ2v) is 5.81. The van der Waals surface area contributed by atoms with Crippen LogP contribution in [-0.2, 0) is 0 Å². The van der Waals surface area contributed by atoms with Gasteiger partial charge in [0.1, 0.15) is 5.82 Å². The minimum absolute atomic E-state index is 0.656. The molecule has 0 N–H and O–H groups in total. The Hall–Kier alpha value is -0.570. The highest BCUT2D eigenvalue weighted by molar-refractivity contribution is 9.10. The van der Waals surface area contributed by atoms with E-state index in [0.717, 1.165) is 10.3 Å². The van der Waals surface area contributed by atoms with Crippen molar-refractivity contribution >= 4 is 21.7 Å². The monoisotopic (exact) mass is 296 g/mol. The summed E-state index contributed by atoms with van der Waals surface area (Å²) in [5.74, 6) is 1.09. The van der Waals surface area contributed by atoms with Crippen LogP contribution in [0.1, 0.15) is 44.1 Å². The van der Waals surface area contributed by atoms with E-state index >= 15 is 0 Å². The molecule has 0 unspecified atom stereocenters. The number of rotatable bonds is 2. The average molecular weight is 297 g/mol. The minimum atomic E-state index is 0.656. The molecular formula is C14H21BrN2. The van der Waals surface area contributed by atoms with Crippen LogP contribution < -0.4 is 4.90 Å². The van der Waals surface area contributed by atoms with E-state index in [-0.39, 0.29) is 0 Å². The number of hydrogen-bond acceptors (Lipinski definition) is 2. The molecule has 1 aromatic heterocycles. The SMILES string of the molecule is Cc1ccnc(N(C)C2CCCCCC2)c1Br. The van der Waals surface area contributed by atoms with E-state index in [1.807, 2.05) is 6.20 Å². The van der Waals surface area contributed by atoms with Gasteiger partial charge in [-0.1, -0.05) is 25.7 Å². The van der Waals surface area contributed by atoms with Crippen LogP contribution in [0.4, 0.5) is 5.82 Å². The van der Waals surface area contributed by atoms with Crippen molar-refractivity contribution in [3.05, 3.63) is 22.3 Å². The molecule has 1 heterocycles. The zero-order valence-electron chi connectivity index (χ0n) is 10.7. The molecule has 17 heavy (non-hydrogen) atoms. The summed E-state index contributed by atoms with van der Waals surface area (Å²) >= 11 is 3.66. The molecule has 94 valence electrons. The van der Waals surface area contributed by atoms with Gasteiger partial charge >= 0.3 is 0 Å². The molecule has 0 saturated heterocycles. The number of nitrogens with zero attached hydrogens (tertiary/aromatic N) is 2. The predicted molar refractivity (Wildman–Crippen MR) is 76.6 cm³/mol.